The first kappa shape index (κ1) is 15.8. The van der Waals surface area contributed by atoms with Gasteiger partial charge in [-0.05, 0) is 30.7 Å². The van der Waals surface area contributed by atoms with Gasteiger partial charge in [0.25, 0.3) is 0 Å². The summed E-state index contributed by atoms with van der Waals surface area (Å²) in [6.45, 7) is 1.16. The van der Waals surface area contributed by atoms with Crippen molar-refractivity contribution in [1.82, 2.24) is 9.62 Å². The Morgan fingerprint density at radius 1 is 1.35 bits per heavy atom. The number of nitrogens with zero attached hydrogens (tertiary/aromatic N) is 1. The number of thioether (sulfide) groups is 1. The van der Waals surface area contributed by atoms with E-state index in [2.05, 4.69) is 5.32 Å². The fourth-order valence-electron chi connectivity index (χ4n) is 1.95. The number of nitrogens with one attached hydrogen (secondary N) is 1. The number of hydrogen-bond donors (Lipinski definition) is 1. The normalized spacial score (nSPS) is 15.8. The van der Waals surface area contributed by atoms with Crippen LogP contribution in [0.25, 0.3) is 0 Å². The molecule has 0 saturated heterocycles. The molecule has 20 heavy (non-hydrogen) atoms. The highest BCUT2D eigenvalue weighted by atomic mass is 32.2. The summed E-state index contributed by atoms with van der Waals surface area (Å²) in [4.78, 5) is 0.428. The Morgan fingerprint density at radius 3 is 2.70 bits per heavy atom. The highest BCUT2D eigenvalue weighted by Gasteiger charge is 2.25. The molecule has 1 fully saturated rings. The van der Waals surface area contributed by atoms with Crippen LogP contribution in [0.15, 0.2) is 29.2 Å². The van der Waals surface area contributed by atoms with Crippen LogP contribution in [0, 0.1) is 0 Å². The zero-order valence-electron chi connectivity index (χ0n) is 12.0. The number of benzene rings is 1. The Balaban J connectivity index is 2.16. The third-order valence-electron chi connectivity index (χ3n) is 3.43. The van der Waals surface area contributed by atoms with Crippen molar-refractivity contribution in [2.75, 3.05) is 25.6 Å². The van der Waals surface area contributed by atoms with Gasteiger partial charge < -0.3 is 5.32 Å². The van der Waals surface area contributed by atoms with Crippen LogP contribution in [0.4, 0.5) is 0 Å². The maximum Gasteiger partial charge on any atom is 0.243 e. The minimum absolute atomic E-state index is 0.428. The summed E-state index contributed by atoms with van der Waals surface area (Å²) in [5, 5.41) is 3.38. The minimum Gasteiger partial charge on any atom is -0.310 e. The van der Waals surface area contributed by atoms with Gasteiger partial charge in [0, 0.05) is 31.9 Å². The molecule has 0 atom stereocenters. The average Bonchev–Trinajstić information content (AvgIpc) is 3.26. The molecule has 0 spiro atoms. The van der Waals surface area contributed by atoms with Crippen molar-refractivity contribution >= 4 is 21.8 Å². The molecule has 1 aliphatic carbocycles. The fraction of sp³-hybridized carbons (Fsp3) is 0.571. The van der Waals surface area contributed by atoms with E-state index in [1.165, 1.54) is 17.1 Å². The summed E-state index contributed by atoms with van der Waals surface area (Å²) in [6.07, 6.45) is 4.37. The van der Waals surface area contributed by atoms with E-state index in [0.717, 1.165) is 11.3 Å². The molecule has 1 saturated carbocycles. The van der Waals surface area contributed by atoms with Crippen molar-refractivity contribution in [3.05, 3.63) is 29.8 Å². The Labute approximate surface area is 126 Å². The van der Waals surface area contributed by atoms with E-state index in [-0.39, 0.29) is 0 Å². The highest BCUT2D eigenvalue weighted by molar-refractivity contribution is 7.98. The average molecular weight is 314 g/mol. The second-order valence-electron chi connectivity index (χ2n) is 5.08. The summed E-state index contributed by atoms with van der Waals surface area (Å²) < 4.78 is 26.7. The van der Waals surface area contributed by atoms with Gasteiger partial charge in [0.05, 0.1) is 4.90 Å². The lowest BCUT2D eigenvalue weighted by molar-refractivity contribution is 0.487. The summed E-state index contributed by atoms with van der Waals surface area (Å²) in [7, 11) is -1.74. The second-order valence-corrected chi connectivity index (χ2v) is 8.08. The summed E-state index contributed by atoms with van der Waals surface area (Å²) in [5.41, 5.74) is 0.857. The van der Waals surface area contributed by atoms with Crippen molar-refractivity contribution in [2.24, 2.45) is 0 Å². The number of sulfonamides is 1. The molecule has 1 aromatic carbocycles. The predicted octanol–water partition coefficient (Wildman–Crippen LogP) is 1.92. The molecule has 1 N–H and O–H groups in total. The van der Waals surface area contributed by atoms with Gasteiger partial charge in [0.1, 0.15) is 0 Å². The third kappa shape index (κ3) is 3.97. The first-order valence-electron chi connectivity index (χ1n) is 6.82. The standard InChI is InChI=1S/C14H22N2O2S2/c1-16(9-10-19-2)20(17,18)14-6-4-3-5-12(14)11-15-13-7-8-13/h3-6,13,15H,7-11H2,1-2H3. The van der Waals surface area contributed by atoms with Gasteiger partial charge in [-0.3, -0.25) is 0 Å². The van der Waals surface area contributed by atoms with Crippen LogP contribution in [0.2, 0.25) is 0 Å². The van der Waals surface area contributed by atoms with Gasteiger partial charge in [-0.25, -0.2) is 12.7 Å². The van der Waals surface area contributed by atoms with Gasteiger partial charge in [0.2, 0.25) is 10.0 Å². The van der Waals surface area contributed by atoms with E-state index in [0.29, 0.717) is 24.0 Å². The summed E-state index contributed by atoms with van der Waals surface area (Å²) in [5.74, 6) is 0.804. The van der Waals surface area contributed by atoms with Crippen LogP contribution < -0.4 is 5.32 Å². The van der Waals surface area contributed by atoms with Crippen molar-refractivity contribution < 1.29 is 8.42 Å². The van der Waals surface area contributed by atoms with Crippen molar-refractivity contribution in [3.8, 4) is 0 Å². The molecule has 0 aromatic heterocycles. The molecule has 2 rings (SSSR count). The predicted molar refractivity (Wildman–Crippen MR) is 84.5 cm³/mol. The Kier molecular flexibility index (Phi) is 5.49. The molecular formula is C14H22N2O2S2. The van der Waals surface area contributed by atoms with Crippen molar-refractivity contribution in [3.63, 3.8) is 0 Å². The van der Waals surface area contributed by atoms with Gasteiger partial charge in [-0.2, -0.15) is 11.8 Å². The van der Waals surface area contributed by atoms with Crippen molar-refractivity contribution in [2.45, 2.75) is 30.3 Å². The Hall–Kier alpha value is -0.560. The number of hydrogen-bond acceptors (Lipinski definition) is 4. The highest BCUT2D eigenvalue weighted by Crippen LogP contribution is 2.23. The molecule has 112 valence electrons. The third-order valence-corrected chi connectivity index (χ3v) is 5.98. The van der Waals surface area contributed by atoms with Crippen LogP contribution in [0.5, 0.6) is 0 Å². The Morgan fingerprint density at radius 2 is 2.05 bits per heavy atom. The summed E-state index contributed by atoms with van der Waals surface area (Å²) in [6, 6.07) is 7.85. The lowest BCUT2D eigenvalue weighted by atomic mass is 10.2. The second kappa shape index (κ2) is 6.93. The van der Waals surface area contributed by atoms with E-state index < -0.39 is 10.0 Å². The lowest BCUT2D eigenvalue weighted by Gasteiger charge is -2.19. The SMILES string of the molecule is CSCCN(C)S(=O)(=O)c1ccccc1CNC1CC1. The molecule has 0 aliphatic heterocycles. The van der Waals surface area contributed by atoms with Crippen LogP contribution in [0.1, 0.15) is 18.4 Å². The first-order valence-corrected chi connectivity index (χ1v) is 9.65. The Bertz CT molecular complexity index is 542. The zero-order chi connectivity index (χ0) is 14.6. The summed E-state index contributed by atoms with van der Waals surface area (Å²) >= 11 is 1.65. The van der Waals surface area contributed by atoms with Gasteiger partial charge >= 0.3 is 0 Å². The molecule has 6 heteroatoms. The van der Waals surface area contributed by atoms with Crippen LogP contribution in [0.3, 0.4) is 0 Å². The molecule has 0 heterocycles. The number of rotatable bonds is 8. The zero-order valence-corrected chi connectivity index (χ0v) is 13.6. The maximum atomic E-state index is 12.6. The molecule has 1 aromatic rings. The molecule has 0 amide bonds. The lowest BCUT2D eigenvalue weighted by Crippen LogP contribution is -2.30. The van der Waals surface area contributed by atoms with E-state index >= 15 is 0 Å². The van der Waals surface area contributed by atoms with E-state index in [9.17, 15) is 8.42 Å². The van der Waals surface area contributed by atoms with Crippen LogP contribution >= 0.6 is 11.8 Å². The van der Waals surface area contributed by atoms with E-state index in [1.807, 2.05) is 18.4 Å². The molecular weight excluding hydrogens is 292 g/mol. The van der Waals surface area contributed by atoms with Gasteiger partial charge in [0.15, 0.2) is 0 Å². The molecule has 0 unspecified atom stereocenters. The van der Waals surface area contributed by atoms with Gasteiger partial charge in [-0.15, -0.1) is 0 Å². The first-order chi connectivity index (χ1) is 9.55. The topological polar surface area (TPSA) is 49.4 Å². The monoisotopic (exact) mass is 314 g/mol. The van der Waals surface area contributed by atoms with Crippen LogP contribution in [-0.2, 0) is 16.6 Å². The van der Waals surface area contributed by atoms with E-state index in [1.54, 1.807) is 30.9 Å². The molecule has 1 aliphatic rings. The van der Waals surface area contributed by atoms with Crippen LogP contribution in [-0.4, -0.2) is 44.4 Å². The quantitative estimate of drug-likeness (QED) is 0.796. The molecule has 0 bridgehead atoms. The molecule has 4 nitrogen and oxygen atoms in total. The fourth-order valence-corrected chi connectivity index (χ4v) is 3.91. The van der Waals surface area contributed by atoms with E-state index in [4.69, 9.17) is 0 Å². The largest absolute Gasteiger partial charge is 0.310 e. The molecule has 0 radical (unpaired) electrons. The maximum absolute atomic E-state index is 12.6. The smallest absolute Gasteiger partial charge is 0.243 e. The van der Waals surface area contributed by atoms with Gasteiger partial charge in [-0.1, -0.05) is 18.2 Å². The van der Waals surface area contributed by atoms with Crippen molar-refractivity contribution in [1.29, 1.82) is 0 Å². The minimum atomic E-state index is -3.39.